The molecule has 124 valence electrons. The summed E-state index contributed by atoms with van der Waals surface area (Å²) in [6, 6.07) is 4.90. The van der Waals surface area contributed by atoms with Crippen LogP contribution in [0.3, 0.4) is 0 Å². The molecule has 1 heterocycles. The van der Waals surface area contributed by atoms with Gasteiger partial charge in [0.2, 0.25) is 0 Å². The lowest BCUT2D eigenvalue weighted by molar-refractivity contribution is -0.253. The number of rotatable bonds is 5. The van der Waals surface area contributed by atoms with Crippen LogP contribution >= 0.6 is 0 Å². The molecule has 0 spiro atoms. The number of carbonyl (C=O) groups is 1. The number of alkyl halides is 4. The van der Waals surface area contributed by atoms with E-state index >= 15 is 0 Å². The van der Waals surface area contributed by atoms with E-state index in [-0.39, 0.29) is 5.56 Å². The molecule has 1 aromatic heterocycles. The van der Waals surface area contributed by atoms with Crippen molar-refractivity contribution in [3.05, 3.63) is 41.7 Å². The van der Waals surface area contributed by atoms with Crippen molar-refractivity contribution in [1.82, 2.24) is 9.78 Å². The highest BCUT2D eigenvalue weighted by atomic mass is 19.3. The Morgan fingerprint density at radius 2 is 2.00 bits per heavy atom. The number of aromatic nitrogens is 2. The summed E-state index contributed by atoms with van der Waals surface area (Å²) in [4.78, 5) is 12.2. The summed E-state index contributed by atoms with van der Waals surface area (Å²) in [5, 5.41) is 6.39. The standard InChI is InChI=1S/C14H13F4N3O2/c1-8-10(7-19-21(8)2)20-12(22)9-5-3-4-6-11(9)23-14(17,18)13(15)16/h3-7,13H,1-2H3,(H,20,22). The van der Waals surface area contributed by atoms with Crippen LogP contribution in [-0.4, -0.2) is 28.2 Å². The zero-order valence-electron chi connectivity index (χ0n) is 12.2. The maximum atomic E-state index is 13.1. The minimum atomic E-state index is -4.69. The smallest absolute Gasteiger partial charge is 0.427 e. The minimum Gasteiger partial charge on any atom is -0.427 e. The molecule has 0 radical (unpaired) electrons. The summed E-state index contributed by atoms with van der Waals surface area (Å²) < 4.78 is 56.1. The molecule has 0 saturated carbocycles. The third kappa shape index (κ3) is 3.61. The molecule has 0 bridgehead atoms. The van der Waals surface area contributed by atoms with Gasteiger partial charge in [-0.2, -0.15) is 22.7 Å². The van der Waals surface area contributed by atoms with Gasteiger partial charge in [0.25, 0.3) is 5.91 Å². The first-order valence-electron chi connectivity index (χ1n) is 6.46. The molecule has 0 atom stereocenters. The Balaban J connectivity index is 2.26. The molecule has 2 rings (SSSR count). The number of aryl methyl sites for hydroxylation is 1. The summed E-state index contributed by atoms with van der Waals surface area (Å²) in [6.07, 6.45) is -7.33. The third-order valence-corrected chi connectivity index (χ3v) is 3.12. The lowest BCUT2D eigenvalue weighted by Gasteiger charge is -2.18. The van der Waals surface area contributed by atoms with Gasteiger partial charge in [0.15, 0.2) is 0 Å². The molecule has 0 aliphatic heterocycles. The van der Waals surface area contributed by atoms with Crippen molar-refractivity contribution in [1.29, 1.82) is 0 Å². The monoisotopic (exact) mass is 331 g/mol. The van der Waals surface area contributed by atoms with Crippen molar-refractivity contribution >= 4 is 11.6 Å². The number of ether oxygens (including phenoxy) is 1. The van der Waals surface area contributed by atoms with Crippen molar-refractivity contribution in [2.75, 3.05) is 5.32 Å². The van der Waals surface area contributed by atoms with E-state index in [4.69, 9.17) is 0 Å². The summed E-state index contributed by atoms with van der Waals surface area (Å²) in [5.41, 5.74) is 0.707. The third-order valence-electron chi connectivity index (χ3n) is 3.12. The van der Waals surface area contributed by atoms with Crippen molar-refractivity contribution in [3.63, 3.8) is 0 Å². The van der Waals surface area contributed by atoms with Gasteiger partial charge < -0.3 is 10.1 Å². The summed E-state index contributed by atoms with van der Waals surface area (Å²) in [5.74, 6) is -1.42. The van der Waals surface area contributed by atoms with Crippen molar-refractivity contribution in [2.24, 2.45) is 7.05 Å². The Labute approximate surface area is 128 Å². The van der Waals surface area contributed by atoms with Gasteiger partial charge in [0.05, 0.1) is 23.1 Å². The van der Waals surface area contributed by atoms with Crippen LogP contribution in [0.5, 0.6) is 5.75 Å². The fourth-order valence-electron chi connectivity index (χ4n) is 1.75. The van der Waals surface area contributed by atoms with Crippen LogP contribution in [0.1, 0.15) is 16.1 Å². The number of nitrogens with zero attached hydrogens (tertiary/aromatic N) is 2. The van der Waals surface area contributed by atoms with Gasteiger partial charge in [0, 0.05) is 7.05 Å². The average molecular weight is 331 g/mol. The van der Waals surface area contributed by atoms with E-state index in [0.29, 0.717) is 11.4 Å². The van der Waals surface area contributed by atoms with E-state index in [9.17, 15) is 22.4 Å². The van der Waals surface area contributed by atoms with Crippen LogP contribution in [0.4, 0.5) is 23.2 Å². The number of nitrogens with one attached hydrogen (secondary N) is 1. The molecular weight excluding hydrogens is 318 g/mol. The topological polar surface area (TPSA) is 56.1 Å². The van der Waals surface area contributed by atoms with Gasteiger partial charge in [0.1, 0.15) is 5.75 Å². The molecule has 0 unspecified atom stereocenters. The summed E-state index contributed by atoms with van der Waals surface area (Å²) >= 11 is 0. The molecule has 2 aromatic rings. The maximum absolute atomic E-state index is 13.1. The van der Waals surface area contributed by atoms with Gasteiger partial charge in [-0.05, 0) is 19.1 Å². The quantitative estimate of drug-likeness (QED) is 0.856. The van der Waals surface area contributed by atoms with Crippen LogP contribution in [0, 0.1) is 6.92 Å². The van der Waals surface area contributed by atoms with Crippen LogP contribution in [0.15, 0.2) is 30.5 Å². The molecule has 9 heteroatoms. The highest BCUT2D eigenvalue weighted by Gasteiger charge is 2.44. The van der Waals surface area contributed by atoms with Crippen LogP contribution in [-0.2, 0) is 7.05 Å². The molecule has 0 saturated heterocycles. The number of para-hydroxylation sites is 1. The first-order valence-corrected chi connectivity index (χ1v) is 6.46. The number of anilines is 1. The van der Waals surface area contributed by atoms with E-state index < -0.39 is 24.2 Å². The Hall–Kier alpha value is -2.58. The molecule has 0 aliphatic rings. The van der Waals surface area contributed by atoms with Gasteiger partial charge in [-0.25, -0.2) is 0 Å². The fraction of sp³-hybridized carbons (Fsp3) is 0.286. The minimum absolute atomic E-state index is 0.295. The summed E-state index contributed by atoms with van der Waals surface area (Å²) in [6.45, 7) is 1.69. The van der Waals surface area contributed by atoms with E-state index in [2.05, 4.69) is 15.2 Å². The van der Waals surface area contributed by atoms with E-state index in [0.717, 1.165) is 6.07 Å². The van der Waals surface area contributed by atoms with Gasteiger partial charge in [-0.1, -0.05) is 12.1 Å². The fourth-order valence-corrected chi connectivity index (χ4v) is 1.75. The number of hydrogen-bond acceptors (Lipinski definition) is 3. The number of carbonyl (C=O) groups excluding carboxylic acids is 1. The van der Waals surface area contributed by atoms with E-state index in [1.165, 1.54) is 29.1 Å². The molecule has 0 fully saturated rings. The van der Waals surface area contributed by atoms with Crippen LogP contribution in [0.25, 0.3) is 0 Å². The van der Waals surface area contributed by atoms with Gasteiger partial charge >= 0.3 is 12.5 Å². The molecule has 0 aliphatic carbocycles. The maximum Gasteiger partial charge on any atom is 0.461 e. The lowest BCUT2D eigenvalue weighted by atomic mass is 10.2. The Bertz CT molecular complexity index is 716. The molecular formula is C14H13F4N3O2. The second-order valence-electron chi connectivity index (χ2n) is 4.68. The van der Waals surface area contributed by atoms with Gasteiger partial charge in [-0.15, -0.1) is 0 Å². The van der Waals surface area contributed by atoms with Crippen LogP contribution < -0.4 is 10.1 Å². The largest absolute Gasteiger partial charge is 0.461 e. The average Bonchev–Trinajstić information content (AvgIpc) is 2.79. The van der Waals surface area contributed by atoms with E-state index in [1.54, 1.807) is 14.0 Å². The molecule has 23 heavy (non-hydrogen) atoms. The number of halogens is 4. The predicted octanol–water partition coefficient (Wildman–Crippen LogP) is 3.22. The van der Waals surface area contributed by atoms with Gasteiger partial charge in [-0.3, -0.25) is 9.48 Å². The zero-order chi connectivity index (χ0) is 17.2. The lowest BCUT2D eigenvalue weighted by Crippen LogP contribution is -2.34. The molecule has 5 nitrogen and oxygen atoms in total. The van der Waals surface area contributed by atoms with Crippen molar-refractivity contribution in [3.8, 4) is 5.75 Å². The Morgan fingerprint density at radius 1 is 1.35 bits per heavy atom. The number of hydrogen-bond donors (Lipinski definition) is 1. The second kappa shape index (κ2) is 6.27. The number of amides is 1. The van der Waals surface area contributed by atoms with E-state index in [1.807, 2.05) is 0 Å². The Morgan fingerprint density at radius 3 is 2.57 bits per heavy atom. The molecule has 1 aromatic carbocycles. The zero-order valence-corrected chi connectivity index (χ0v) is 12.2. The predicted molar refractivity (Wildman–Crippen MR) is 73.9 cm³/mol. The highest BCUT2D eigenvalue weighted by molar-refractivity contribution is 6.06. The van der Waals surface area contributed by atoms with Crippen molar-refractivity contribution in [2.45, 2.75) is 19.5 Å². The summed E-state index contributed by atoms with van der Waals surface area (Å²) in [7, 11) is 1.66. The highest BCUT2D eigenvalue weighted by Crippen LogP contribution is 2.30. The second-order valence-corrected chi connectivity index (χ2v) is 4.68. The normalized spacial score (nSPS) is 11.6. The van der Waals surface area contributed by atoms with Crippen LogP contribution in [0.2, 0.25) is 0 Å². The molecule has 1 N–H and O–H groups in total. The molecule has 1 amide bonds. The number of benzene rings is 1. The first-order chi connectivity index (χ1) is 10.7. The SMILES string of the molecule is Cc1c(NC(=O)c2ccccc2OC(F)(F)C(F)F)cnn1C. The van der Waals surface area contributed by atoms with Crippen molar-refractivity contribution < 1.29 is 27.1 Å². The first kappa shape index (κ1) is 16.8. The Kier molecular flexibility index (Phi) is 4.57.